The summed E-state index contributed by atoms with van der Waals surface area (Å²) < 4.78 is 31.6. The molecule has 0 saturated carbocycles. The van der Waals surface area contributed by atoms with Crippen molar-refractivity contribution in [2.75, 3.05) is 22.4 Å². The molecule has 8 nitrogen and oxygen atoms in total. The minimum atomic E-state index is -3.61. The molecule has 0 saturated heterocycles. The molecule has 1 heterocycles. The van der Waals surface area contributed by atoms with Crippen molar-refractivity contribution in [3.63, 3.8) is 0 Å². The van der Waals surface area contributed by atoms with Gasteiger partial charge >= 0.3 is 0 Å². The fourth-order valence-electron chi connectivity index (χ4n) is 3.29. The quantitative estimate of drug-likeness (QED) is 0.660. The van der Waals surface area contributed by atoms with Crippen LogP contribution in [0, 0.1) is 0 Å². The molecule has 0 fully saturated rings. The molecule has 0 spiro atoms. The van der Waals surface area contributed by atoms with Crippen LogP contribution >= 0.6 is 11.6 Å². The molecule has 0 aromatic heterocycles. The van der Waals surface area contributed by atoms with Crippen molar-refractivity contribution < 1.29 is 22.7 Å². The van der Waals surface area contributed by atoms with E-state index in [0.717, 1.165) is 12.7 Å². The Morgan fingerprint density at radius 2 is 1.97 bits per heavy atom. The summed E-state index contributed by atoms with van der Waals surface area (Å²) in [5.41, 5.74) is 0.964. The molecule has 1 aliphatic heterocycles. The number of hydrogen-bond donors (Lipinski definition) is 2. The van der Waals surface area contributed by atoms with Crippen molar-refractivity contribution >= 4 is 44.8 Å². The van der Waals surface area contributed by atoms with E-state index < -0.39 is 22.0 Å². The van der Waals surface area contributed by atoms with E-state index in [0.29, 0.717) is 16.3 Å². The summed E-state index contributed by atoms with van der Waals surface area (Å²) >= 11 is 6.05. The number of nitrogens with zero attached hydrogens (tertiary/aromatic N) is 1. The Labute approximate surface area is 192 Å². The highest BCUT2D eigenvalue weighted by Gasteiger charge is 2.32. The predicted molar refractivity (Wildman–Crippen MR) is 125 cm³/mol. The number of sulfonamides is 1. The van der Waals surface area contributed by atoms with Crippen LogP contribution in [0.5, 0.6) is 5.75 Å². The number of halogens is 1. The standard InChI is InChI=1S/C22H26ClN3O5S/c1-4-14(2)24-21(27)16-7-5-6-8-17(16)25-22(28)20-11-12-26(32(3,29)30)18-13-15(23)9-10-19(18)31-20/h5-10,13-14,20H,4,11-12H2,1-3H3,(H,24,27)(H,25,28)/t14-,20+/m1/s1. The van der Waals surface area contributed by atoms with Gasteiger partial charge in [-0.1, -0.05) is 30.7 Å². The van der Waals surface area contributed by atoms with Gasteiger partial charge in [0.05, 0.1) is 23.2 Å². The number of hydrogen-bond acceptors (Lipinski definition) is 5. The van der Waals surface area contributed by atoms with E-state index in [1.54, 1.807) is 30.3 Å². The molecule has 172 valence electrons. The van der Waals surface area contributed by atoms with Crippen LogP contribution in [0.1, 0.15) is 37.0 Å². The molecule has 32 heavy (non-hydrogen) atoms. The van der Waals surface area contributed by atoms with Crippen LogP contribution in [-0.4, -0.2) is 45.2 Å². The van der Waals surface area contributed by atoms with Crippen molar-refractivity contribution in [1.29, 1.82) is 0 Å². The molecule has 2 aromatic carbocycles. The normalized spacial score (nSPS) is 16.9. The van der Waals surface area contributed by atoms with Gasteiger partial charge in [-0.05, 0) is 43.7 Å². The number of fused-ring (bicyclic) bond motifs is 1. The van der Waals surface area contributed by atoms with Gasteiger partial charge in [0.1, 0.15) is 5.75 Å². The molecule has 0 bridgehead atoms. The molecule has 2 aromatic rings. The fourth-order valence-corrected chi connectivity index (χ4v) is 4.39. The molecular weight excluding hydrogens is 454 g/mol. The third-order valence-electron chi connectivity index (χ3n) is 5.17. The van der Waals surface area contributed by atoms with Gasteiger partial charge in [-0.2, -0.15) is 0 Å². The lowest BCUT2D eigenvalue weighted by Gasteiger charge is -2.21. The first-order valence-corrected chi connectivity index (χ1v) is 12.5. The number of carbonyl (C=O) groups excluding carboxylic acids is 2. The maximum atomic E-state index is 13.0. The highest BCUT2D eigenvalue weighted by molar-refractivity contribution is 7.92. The lowest BCUT2D eigenvalue weighted by Crippen LogP contribution is -2.37. The number of carbonyl (C=O) groups is 2. The summed E-state index contributed by atoms with van der Waals surface area (Å²) in [6.07, 6.45) is 1.01. The predicted octanol–water partition coefficient (Wildman–Crippen LogP) is 3.42. The lowest BCUT2D eigenvalue weighted by atomic mass is 10.1. The lowest BCUT2D eigenvalue weighted by molar-refractivity contribution is -0.122. The van der Waals surface area contributed by atoms with Crippen LogP contribution in [0.15, 0.2) is 42.5 Å². The SMILES string of the molecule is CC[C@@H](C)NC(=O)c1ccccc1NC(=O)[C@@H]1CCN(S(C)(=O)=O)c2cc(Cl)ccc2O1. The van der Waals surface area contributed by atoms with E-state index in [9.17, 15) is 18.0 Å². The summed E-state index contributed by atoms with van der Waals surface area (Å²) in [6.45, 7) is 3.91. The first kappa shape index (κ1) is 23.9. The Hall–Kier alpha value is -2.78. The second kappa shape index (κ2) is 9.79. The number of para-hydroxylation sites is 1. The van der Waals surface area contributed by atoms with E-state index in [2.05, 4.69) is 10.6 Å². The zero-order chi connectivity index (χ0) is 23.5. The first-order valence-electron chi connectivity index (χ1n) is 10.2. The molecule has 10 heteroatoms. The summed E-state index contributed by atoms with van der Waals surface area (Å²) in [4.78, 5) is 25.7. The van der Waals surface area contributed by atoms with E-state index in [4.69, 9.17) is 16.3 Å². The van der Waals surface area contributed by atoms with E-state index in [1.807, 2.05) is 13.8 Å². The maximum absolute atomic E-state index is 13.0. The van der Waals surface area contributed by atoms with Gasteiger partial charge in [-0.3, -0.25) is 13.9 Å². The van der Waals surface area contributed by atoms with Crippen LogP contribution in [0.3, 0.4) is 0 Å². The third kappa shape index (κ3) is 5.52. The minimum Gasteiger partial charge on any atom is -0.478 e. The Morgan fingerprint density at radius 1 is 1.25 bits per heavy atom. The van der Waals surface area contributed by atoms with Crippen molar-refractivity contribution in [2.45, 2.75) is 38.8 Å². The van der Waals surface area contributed by atoms with E-state index in [-0.39, 0.29) is 36.4 Å². The molecule has 2 N–H and O–H groups in total. The van der Waals surface area contributed by atoms with E-state index >= 15 is 0 Å². The monoisotopic (exact) mass is 479 g/mol. The molecule has 3 rings (SSSR count). The minimum absolute atomic E-state index is 0.0123. The second-order valence-electron chi connectivity index (χ2n) is 7.66. The van der Waals surface area contributed by atoms with Crippen molar-refractivity contribution in [3.8, 4) is 5.75 Å². The average Bonchev–Trinajstić information content (AvgIpc) is 2.93. The first-order chi connectivity index (χ1) is 15.1. The largest absolute Gasteiger partial charge is 0.478 e. The van der Waals surface area contributed by atoms with Crippen LogP contribution in [0.25, 0.3) is 0 Å². The zero-order valence-electron chi connectivity index (χ0n) is 18.1. The molecule has 0 aliphatic carbocycles. The summed E-state index contributed by atoms with van der Waals surface area (Å²) in [5, 5.41) is 5.99. The Kier molecular flexibility index (Phi) is 7.30. The molecule has 1 aliphatic rings. The molecule has 0 radical (unpaired) electrons. The van der Waals surface area contributed by atoms with Crippen LogP contribution < -0.4 is 19.7 Å². The average molecular weight is 480 g/mol. The Morgan fingerprint density at radius 3 is 2.66 bits per heavy atom. The maximum Gasteiger partial charge on any atom is 0.265 e. The number of nitrogens with one attached hydrogen (secondary N) is 2. The summed E-state index contributed by atoms with van der Waals surface area (Å²) in [6, 6.07) is 11.3. The number of ether oxygens (including phenoxy) is 1. The number of amides is 2. The second-order valence-corrected chi connectivity index (χ2v) is 10.0. The molecule has 2 atom stereocenters. The van der Waals surface area contributed by atoms with Crippen molar-refractivity contribution in [2.24, 2.45) is 0 Å². The van der Waals surface area contributed by atoms with Gasteiger partial charge in [0.25, 0.3) is 11.8 Å². The van der Waals surface area contributed by atoms with Crippen molar-refractivity contribution in [1.82, 2.24) is 5.32 Å². The fraction of sp³-hybridized carbons (Fsp3) is 0.364. The van der Waals surface area contributed by atoms with Crippen molar-refractivity contribution in [3.05, 3.63) is 53.1 Å². The van der Waals surface area contributed by atoms with Gasteiger partial charge in [-0.25, -0.2) is 8.42 Å². The number of rotatable bonds is 6. The van der Waals surface area contributed by atoms with Gasteiger partial charge < -0.3 is 15.4 Å². The van der Waals surface area contributed by atoms with Gasteiger partial charge in [-0.15, -0.1) is 0 Å². The summed E-state index contributed by atoms with van der Waals surface area (Å²) in [5.74, 6) is -0.536. The highest BCUT2D eigenvalue weighted by atomic mass is 35.5. The third-order valence-corrected chi connectivity index (χ3v) is 6.58. The Bertz CT molecular complexity index is 1120. The van der Waals surface area contributed by atoms with Crippen LogP contribution in [0.2, 0.25) is 5.02 Å². The Balaban J connectivity index is 1.84. The van der Waals surface area contributed by atoms with Crippen LogP contribution in [-0.2, 0) is 14.8 Å². The number of benzene rings is 2. The van der Waals surface area contributed by atoms with E-state index in [1.165, 1.54) is 16.4 Å². The number of anilines is 2. The molecular formula is C22H26ClN3O5S. The van der Waals surface area contributed by atoms with Crippen LogP contribution in [0.4, 0.5) is 11.4 Å². The topological polar surface area (TPSA) is 105 Å². The zero-order valence-corrected chi connectivity index (χ0v) is 19.7. The smallest absolute Gasteiger partial charge is 0.265 e. The van der Waals surface area contributed by atoms with Gasteiger partial charge in [0.15, 0.2) is 6.10 Å². The highest BCUT2D eigenvalue weighted by Crippen LogP contribution is 2.36. The molecule has 2 amide bonds. The molecule has 0 unspecified atom stereocenters. The van der Waals surface area contributed by atoms with Gasteiger partial charge in [0, 0.05) is 24.0 Å². The summed E-state index contributed by atoms with van der Waals surface area (Å²) in [7, 11) is -3.61. The van der Waals surface area contributed by atoms with Gasteiger partial charge in [0.2, 0.25) is 10.0 Å².